The number of aryl methyl sites for hydroxylation is 1. The van der Waals surface area contributed by atoms with Gasteiger partial charge in [-0.05, 0) is 66.0 Å². The first-order valence-electron chi connectivity index (χ1n) is 10.6. The fourth-order valence-electron chi connectivity index (χ4n) is 3.92. The highest BCUT2D eigenvalue weighted by molar-refractivity contribution is 7.90. The Hall–Kier alpha value is -4.17. The molecule has 0 unspecified atom stereocenters. The van der Waals surface area contributed by atoms with E-state index in [0.29, 0.717) is 23.1 Å². The first-order valence-corrected chi connectivity index (χ1v) is 12.0. The maximum Gasteiger partial charge on any atom is 0.269 e. The number of aromatic nitrogens is 3. The molecule has 0 aliphatic heterocycles. The number of hydrogen-bond donors (Lipinski definition) is 0. The van der Waals surface area contributed by atoms with Gasteiger partial charge in [0.05, 0.1) is 4.90 Å². The van der Waals surface area contributed by atoms with E-state index >= 15 is 0 Å². The summed E-state index contributed by atoms with van der Waals surface area (Å²) in [6.45, 7) is 1.91. The zero-order valence-corrected chi connectivity index (χ0v) is 19.1. The van der Waals surface area contributed by atoms with E-state index in [1.807, 2.05) is 31.2 Å². The normalized spacial score (nSPS) is 11.6. The molecule has 0 spiro atoms. The van der Waals surface area contributed by atoms with Crippen LogP contribution in [0.3, 0.4) is 0 Å². The minimum atomic E-state index is -3.87. The summed E-state index contributed by atoms with van der Waals surface area (Å²) >= 11 is 0. The van der Waals surface area contributed by atoms with E-state index in [0.717, 1.165) is 27.8 Å². The summed E-state index contributed by atoms with van der Waals surface area (Å²) in [6, 6.07) is 19.4. The molecule has 0 fully saturated rings. The molecule has 0 bridgehead atoms. The van der Waals surface area contributed by atoms with E-state index in [1.54, 1.807) is 67.3 Å². The molecule has 0 radical (unpaired) electrons. The number of benzene rings is 2. The zero-order valence-electron chi connectivity index (χ0n) is 18.3. The van der Waals surface area contributed by atoms with Gasteiger partial charge in [-0.15, -0.1) is 4.91 Å². The molecular formula is C26H20N4O3S. The lowest BCUT2D eigenvalue weighted by atomic mass is 10.0. The van der Waals surface area contributed by atoms with Crippen LogP contribution in [0, 0.1) is 11.8 Å². The van der Waals surface area contributed by atoms with E-state index in [4.69, 9.17) is 0 Å². The maximum atomic E-state index is 13.5. The van der Waals surface area contributed by atoms with Gasteiger partial charge in [0.2, 0.25) is 0 Å². The van der Waals surface area contributed by atoms with Crippen LogP contribution in [0.4, 0.5) is 5.69 Å². The molecule has 7 nitrogen and oxygen atoms in total. The molecule has 3 aromatic heterocycles. The summed E-state index contributed by atoms with van der Waals surface area (Å²) in [7, 11) is -3.87. The molecular weight excluding hydrogens is 448 g/mol. The van der Waals surface area contributed by atoms with Crippen molar-refractivity contribution in [1.29, 1.82) is 0 Å². The molecule has 0 N–H and O–H groups in total. The standard InChI is InChI=1S/C26H20N4O3S/c1-18-7-9-24(10-8-18)34(32,33)30-17-22(12-19-4-2-6-23(13-19)29-31)25-14-21(16-28-26(25)30)20-5-3-11-27-15-20/h2-11,13-17H,12H2,1H3. The van der Waals surface area contributed by atoms with Gasteiger partial charge >= 0.3 is 0 Å². The van der Waals surface area contributed by atoms with Crippen LogP contribution in [0.15, 0.2) is 102 Å². The molecule has 2 aromatic carbocycles. The van der Waals surface area contributed by atoms with Crippen molar-refractivity contribution in [2.45, 2.75) is 18.2 Å². The zero-order chi connectivity index (χ0) is 23.7. The number of hydrogen-bond acceptors (Lipinski definition) is 6. The van der Waals surface area contributed by atoms with E-state index < -0.39 is 10.0 Å². The van der Waals surface area contributed by atoms with Crippen molar-refractivity contribution >= 4 is 26.7 Å². The van der Waals surface area contributed by atoms with Gasteiger partial charge in [0.1, 0.15) is 5.69 Å². The maximum absolute atomic E-state index is 13.5. The Morgan fingerprint density at radius 3 is 2.50 bits per heavy atom. The van der Waals surface area contributed by atoms with Crippen molar-refractivity contribution in [2.75, 3.05) is 0 Å². The molecule has 3 heterocycles. The highest BCUT2D eigenvalue weighted by Crippen LogP contribution is 2.30. The molecule has 5 rings (SSSR count). The van der Waals surface area contributed by atoms with Gasteiger partial charge < -0.3 is 0 Å². The molecule has 0 aliphatic rings. The van der Waals surface area contributed by atoms with Crippen LogP contribution in [-0.2, 0) is 16.4 Å². The van der Waals surface area contributed by atoms with Gasteiger partial charge in [-0.2, -0.15) is 0 Å². The number of nitroso groups, excluding NO2 is 1. The second kappa shape index (κ2) is 8.64. The second-order valence-electron chi connectivity index (χ2n) is 8.04. The van der Waals surface area contributed by atoms with Crippen molar-refractivity contribution < 1.29 is 8.42 Å². The monoisotopic (exact) mass is 468 g/mol. The largest absolute Gasteiger partial charge is 0.269 e. The van der Waals surface area contributed by atoms with Crippen molar-refractivity contribution in [1.82, 2.24) is 13.9 Å². The summed E-state index contributed by atoms with van der Waals surface area (Å²) in [4.78, 5) is 19.9. The van der Waals surface area contributed by atoms with Gasteiger partial charge in [0.25, 0.3) is 10.0 Å². The Morgan fingerprint density at radius 1 is 0.941 bits per heavy atom. The molecule has 34 heavy (non-hydrogen) atoms. The van der Waals surface area contributed by atoms with E-state index in [1.165, 1.54) is 3.97 Å². The summed E-state index contributed by atoms with van der Waals surface area (Å²) < 4.78 is 28.3. The molecule has 0 atom stereocenters. The molecule has 168 valence electrons. The van der Waals surface area contributed by atoms with Gasteiger partial charge in [-0.3, -0.25) is 4.98 Å². The Morgan fingerprint density at radius 2 is 1.76 bits per heavy atom. The second-order valence-corrected chi connectivity index (χ2v) is 9.86. The van der Waals surface area contributed by atoms with Crippen LogP contribution in [0.5, 0.6) is 0 Å². The fraction of sp³-hybridized carbons (Fsp3) is 0.0769. The Balaban J connectivity index is 1.70. The van der Waals surface area contributed by atoms with E-state index in [2.05, 4.69) is 15.1 Å². The third-order valence-corrected chi connectivity index (χ3v) is 7.34. The minimum Gasteiger partial charge on any atom is -0.264 e. The topological polar surface area (TPSA) is 94.3 Å². The SMILES string of the molecule is Cc1ccc(S(=O)(=O)n2cc(Cc3cccc(N=O)c3)c3cc(-c4cccnc4)cnc32)cc1. The summed E-state index contributed by atoms with van der Waals surface area (Å²) in [5.74, 6) is 0. The number of pyridine rings is 2. The van der Waals surface area contributed by atoms with Crippen molar-refractivity contribution in [3.63, 3.8) is 0 Å². The van der Waals surface area contributed by atoms with Gasteiger partial charge in [0.15, 0.2) is 5.65 Å². The van der Waals surface area contributed by atoms with Crippen molar-refractivity contribution in [3.05, 3.63) is 113 Å². The van der Waals surface area contributed by atoms with E-state index in [-0.39, 0.29) is 4.90 Å². The van der Waals surface area contributed by atoms with Crippen molar-refractivity contribution in [2.24, 2.45) is 5.18 Å². The summed E-state index contributed by atoms with van der Waals surface area (Å²) in [5.41, 5.74) is 4.96. The molecule has 0 saturated heterocycles. The first-order chi connectivity index (χ1) is 16.5. The molecule has 0 amide bonds. The van der Waals surface area contributed by atoms with Crippen LogP contribution < -0.4 is 0 Å². The summed E-state index contributed by atoms with van der Waals surface area (Å²) in [5, 5.41) is 3.72. The fourth-order valence-corrected chi connectivity index (χ4v) is 5.27. The van der Waals surface area contributed by atoms with E-state index in [9.17, 15) is 13.3 Å². The average Bonchev–Trinajstić information content (AvgIpc) is 3.23. The Labute approximate surface area is 196 Å². The number of nitrogens with zero attached hydrogens (tertiary/aromatic N) is 4. The van der Waals surface area contributed by atoms with Crippen LogP contribution in [0.25, 0.3) is 22.2 Å². The smallest absolute Gasteiger partial charge is 0.264 e. The highest BCUT2D eigenvalue weighted by atomic mass is 32.2. The molecule has 0 saturated carbocycles. The number of rotatable bonds is 6. The van der Waals surface area contributed by atoms with Crippen LogP contribution in [-0.4, -0.2) is 22.4 Å². The quantitative estimate of drug-likeness (QED) is 0.301. The Kier molecular flexibility index (Phi) is 5.51. The predicted octanol–water partition coefficient (Wildman–Crippen LogP) is 5.63. The first kappa shape index (κ1) is 21.7. The lowest BCUT2D eigenvalue weighted by molar-refractivity contribution is 0.588. The lowest BCUT2D eigenvalue weighted by Crippen LogP contribution is -2.12. The summed E-state index contributed by atoms with van der Waals surface area (Å²) in [6.07, 6.45) is 7.11. The molecule has 0 aliphatic carbocycles. The average molecular weight is 469 g/mol. The Bertz CT molecular complexity index is 1610. The third kappa shape index (κ3) is 3.99. The third-order valence-electron chi connectivity index (χ3n) is 5.68. The van der Waals surface area contributed by atoms with Gasteiger partial charge in [-0.25, -0.2) is 17.4 Å². The van der Waals surface area contributed by atoms with Crippen LogP contribution in [0.2, 0.25) is 0 Å². The van der Waals surface area contributed by atoms with Crippen molar-refractivity contribution in [3.8, 4) is 11.1 Å². The highest BCUT2D eigenvalue weighted by Gasteiger charge is 2.23. The molecule has 5 aromatic rings. The minimum absolute atomic E-state index is 0.187. The number of fused-ring (bicyclic) bond motifs is 1. The predicted molar refractivity (Wildman–Crippen MR) is 131 cm³/mol. The lowest BCUT2D eigenvalue weighted by Gasteiger charge is -2.08. The molecule has 8 heteroatoms. The van der Waals surface area contributed by atoms with Crippen LogP contribution in [0.1, 0.15) is 16.7 Å². The van der Waals surface area contributed by atoms with Gasteiger partial charge in [-0.1, -0.05) is 35.9 Å². The van der Waals surface area contributed by atoms with Crippen LogP contribution >= 0.6 is 0 Å². The van der Waals surface area contributed by atoms with Gasteiger partial charge in [0, 0.05) is 41.3 Å².